The van der Waals surface area contributed by atoms with Gasteiger partial charge in [0.2, 0.25) is 5.91 Å². The molecule has 0 saturated heterocycles. The molecule has 4 nitrogen and oxygen atoms in total. The molecule has 0 saturated carbocycles. The van der Waals surface area contributed by atoms with Gasteiger partial charge in [0.1, 0.15) is 0 Å². The Morgan fingerprint density at radius 3 is 2.37 bits per heavy atom. The fourth-order valence-electron chi connectivity index (χ4n) is 1.81. The third-order valence-electron chi connectivity index (χ3n) is 3.18. The normalized spacial score (nSPS) is 12.8. The number of benzene rings is 1. The van der Waals surface area contributed by atoms with Crippen molar-refractivity contribution in [3.05, 3.63) is 35.9 Å². The first-order valence-electron chi connectivity index (χ1n) is 6.38. The molecule has 0 heterocycles. The number of hydrogen-bond acceptors (Lipinski definition) is 2. The molecule has 4 heteroatoms. The number of hydrogen-bond donors (Lipinski definition) is 2. The molecule has 0 bridgehead atoms. The highest BCUT2D eigenvalue weighted by atomic mass is 16.4. The predicted octanol–water partition coefficient (Wildman–Crippen LogP) is 2.19. The fraction of sp³-hybridized carbons (Fsp3) is 0.467. The number of aliphatic carboxylic acids is 1. The van der Waals surface area contributed by atoms with Crippen LogP contribution in [-0.2, 0) is 15.0 Å². The third kappa shape index (κ3) is 4.73. The van der Waals surface area contributed by atoms with Crippen LogP contribution >= 0.6 is 0 Å². The van der Waals surface area contributed by atoms with E-state index in [4.69, 9.17) is 5.11 Å². The highest BCUT2D eigenvalue weighted by molar-refractivity contribution is 5.78. The summed E-state index contributed by atoms with van der Waals surface area (Å²) in [5.41, 5.74) is 0.828. The van der Waals surface area contributed by atoms with E-state index in [1.807, 2.05) is 44.2 Å². The summed E-state index contributed by atoms with van der Waals surface area (Å²) in [7, 11) is 0. The Kier molecular flexibility index (Phi) is 5.10. The molecule has 0 aliphatic heterocycles. The van der Waals surface area contributed by atoms with Crippen LogP contribution in [0.4, 0.5) is 0 Å². The molecule has 1 aromatic carbocycles. The Morgan fingerprint density at radius 2 is 1.84 bits per heavy atom. The van der Waals surface area contributed by atoms with E-state index < -0.39 is 11.9 Å². The highest BCUT2D eigenvalue weighted by Crippen LogP contribution is 2.26. The first-order chi connectivity index (χ1) is 8.83. The Morgan fingerprint density at radius 1 is 1.26 bits per heavy atom. The second-order valence-corrected chi connectivity index (χ2v) is 5.47. The maximum absolute atomic E-state index is 11.9. The van der Waals surface area contributed by atoms with Crippen LogP contribution in [0.3, 0.4) is 0 Å². The van der Waals surface area contributed by atoms with E-state index in [1.165, 1.54) is 0 Å². The van der Waals surface area contributed by atoms with Gasteiger partial charge in [-0.05, 0) is 11.0 Å². The molecule has 0 unspecified atom stereocenters. The summed E-state index contributed by atoms with van der Waals surface area (Å²) in [6.45, 7) is 5.75. The van der Waals surface area contributed by atoms with Crippen LogP contribution in [0.1, 0.15) is 32.8 Å². The van der Waals surface area contributed by atoms with Gasteiger partial charge in [-0.1, -0.05) is 51.1 Å². The summed E-state index contributed by atoms with van der Waals surface area (Å²) < 4.78 is 0. The summed E-state index contributed by atoms with van der Waals surface area (Å²) >= 11 is 0. The van der Waals surface area contributed by atoms with Crippen LogP contribution in [0.2, 0.25) is 0 Å². The Bertz CT molecular complexity index is 440. The lowest BCUT2D eigenvalue weighted by molar-refractivity contribution is -0.141. The quantitative estimate of drug-likeness (QED) is 0.826. The van der Waals surface area contributed by atoms with Gasteiger partial charge in [-0.2, -0.15) is 0 Å². The van der Waals surface area contributed by atoms with E-state index >= 15 is 0 Å². The van der Waals surface area contributed by atoms with Crippen LogP contribution in [0.25, 0.3) is 0 Å². The highest BCUT2D eigenvalue weighted by Gasteiger charge is 2.24. The maximum Gasteiger partial charge on any atom is 0.308 e. The number of carbonyl (C=O) groups excluding carboxylic acids is 1. The molecular weight excluding hydrogens is 242 g/mol. The zero-order valence-electron chi connectivity index (χ0n) is 11.6. The van der Waals surface area contributed by atoms with Gasteiger partial charge >= 0.3 is 5.97 Å². The van der Waals surface area contributed by atoms with Crippen molar-refractivity contribution in [2.45, 2.75) is 32.6 Å². The van der Waals surface area contributed by atoms with Crippen molar-refractivity contribution in [3.63, 3.8) is 0 Å². The van der Waals surface area contributed by atoms with Gasteiger partial charge < -0.3 is 10.4 Å². The SMILES string of the molecule is C[C@H](CNC(=O)CC(C)(C)c1ccccc1)C(=O)O. The number of carbonyl (C=O) groups is 2. The second kappa shape index (κ2) is 6.36. The fourth-order valence-corrected chi connectivity index (χ4v) is 1.81. The molecular formula is C15H21NO3. The summed E-state index contributed by atoms with van der Waals surface area (Å²) in [5, 5.41) is 11.4. The average Bonchev–Trinajstić information content (AvgIpc) is 2.36. The van der Waals surface area contributed by atoms with Crippen molar-refractivity contribution in [2.24, 2.45) is 5.92 Å². The Hall–Kier alpha value is -1.84. The van der Waals surface area contributed by atoms with Crippen molar-refractivity contribution in [1.29, 1.82) is 0 Å². The molecule has 1 rings (SSSR count). The average molecular weight is 263 g/mol. The molecule has 0 aliphatic rings. The van der Waals surface area contributed by atoms with Crippen LogP contribution in [0, 0.1) is 5.92 Å². The first-order valence-corrected chi connectivity index (χ1v) is 6.38. The molecule has 0 radical (unpaired) electrons. The summed E-state index contributed by atoms with van der Waals surface area (Å²) in [4.78, 5) is 22.5. The van der Waals surface area contributed by atoms with Crippen LogP contribution in [0.15, 0.2) is 30.3 Å². The molecule has 0 aliphatic carbocycles. The van der Waals surface area contributed by atoms with Gasteiger partial charge in [0.25, 0.3) is 0 Å². The maximum atomic E-state index is 11.9. The van der Waals surface area contributed by atoms with Crippen molar-refractivity contribution < 1.29 is 14.7 Å². The minimum atomic E-state index is -0.900. The molecule has 0 aromatic heterocycles. The lowest BCUT2D eigenvalue weighted by Gasteiger charge is -2.24. The van der Waals surface area contributed by atoms with Crippen LogP contribution in [0.5, 0.6) is 0 Å². The third-order valence-corrected chi connectivity index (χ3v) is 3.18. The zero-order chi connectivity index (χ0) is 14.5. The van der Waals surface area contributed by atoms with E-state index in [2.05, 4.69) is 5.32 Å². The molecule has 0 spiro atoms. The number of carboxylic acid groups (broad SMARTS) is 1. The van der Waals surface area contributed by atoms with E-state index in [0.29, 0.717) is 6.42 Å². The molecule has 1 atom stereocenters. The topological polar surface area (TPSA) is 66.4 Å². The molecule has 19 heavy (non-hydrogen) atoms. The monoisotopic (exact) mass is 263 g/mol. The number of nitrogens with one attached hydrogen (secondary N) is 1. The summed E-state index contributed by atoms with van der Waals surface area (Å²) in [5.74, 6) is -1.59. The van der Waals surface area contributed by atoms with E-state index in [9.17, 15) is 9.59 Å². The van der Waals surface area contributed by atoms with Crippen molar-refractivity contribution in [1.82, 2.24) is 5.32 Å². The standard InChI is InChI=1S/C15H21NO3/c1-11(14(18)19)10-16-13(17)9-15(2,3)12-7-5-4-6-8-12/h4-8,11H,9-10H2,1-3H3,(H,16,17)(H,18,19)/t11-/m1/s1. The van der Waals surface area contributed by atoms with Crippen LogP contribution in [-0.4, -0.2) is 23.5 Å². The van der Waals surface area contributed by atoms with Crippen molar-refractivity contribution >= 4 is 11.9 Å². The van der Waals surface area contributed by atoms with Gasteiger partial charge in [-0.3, -0.25) is 9.59 Å². The zero-order valence-corrected chi connectivity index (χ0v) is 11.6. The largest absolute Gasteiger partial charge is 0.481 e. The van der Waals surface area contributed by atoms with Gasteiger partial charge in [-0.25, -0.2) is 0 Å². The Labute approximate surface area is 113 Å². The molecule has 1 aromatic rings. The van der Waals surface area contributed by atoms with Gasteiger partial charge in [0.15, 0.2) is 0 Å². The molecule has 1 amide bonds. The number of carboxylic acids is 1. The van der Waals surface area contributed by atoms with E-state index in [-0.39, 0.29) is 17.9 Å². The minimum Gasteiger partial charge on any atom is -0.481 e. The summed E-state index contributed by atoms with van der Waals surface area (Å²) in [6.07, 6.45) is 0.337. The van der Waals surface area contributed by atoms with Crippen molar-refractivity contribution in [2.75, 3.05) is 6.54 Å². The van der Waals surface area contributed by atoms with Gasteiger partial charge in [0.05, 0.1) is 5.92 Å². The molecule has 0 fully saturated rings. The van der Waals surface area contributed by atoms with Gasteiger partial charge in [0, 0.05) is 13.0 Å². The predicted molar refractivity (Wildman–Crippen MR) is 73.9 cm³/mol. The minimum absolute atomic E-state index is 0.123. The van der Waals surface area contributed by atoms with Crippen molar-refractivity contribution in [3.8, 4) is 0 Å². The molecule has 2 N–H and O–H groups in total. The van der Waals surface area contributed by atoms with Crippen LogP contribution < -0.4 is 5.32 Å². The smallest absolute Gasteiger partial charge is 0.308 e. The van der Waals surface area contributed by atoms with Gasteiger partial charge in [-0.15, -0.1) is 0 Å². The Balaban J connectivity index is 2.54. The van der Waals surface area contributed by atoms with E-state index in [0.717, 1.165) is 5.56 Å². The second-order valence-electron chi connectivity index (χ2n) is 5.47. The number of rotatable bonds is 6. The summed E-state index contributed by atoms with van der Waals surface area (Å²) in [6, 6.07) is 9.82. The first kappa shape index (κ1) is 15.2. The lowest BCUT2D eigenvalue weighted by atomic mass is 9.81. The lowest BCUT2D eigenvalue weighted by Crippen LogP contribution is -2.35. The van der Waals surface area contributed by atoms with E-state index in [1.54, 1.807) is 6.92 Å². The number of amides is 1. The molecule has 104 valence electrons.